The van der Waals surface area contributed by atoms with Gasteiger partial charge in [-0.05, 0) is 0 Å². The summed E-state index contributed by atoms with van der Waals surface area (Å²) in [6, 6.07) is 0. The number of rotatable bonds is 0. The second-order valence-corrected chi connectivity index (χ2v) is 1.62. The summed E-state index contributed by atoms with van der Waals surface area (Å²) < 4.78 is 4.66. The lowest BCUT2D eigenvalue weighted by atomic mass is 10.3. The van der Waals surface area contributed by atoms with Crippen LogP contribution in [0.15, 0.2) is 5.76 Å². The Kier molecular flexibility index (Phi) is 1.33. The van der Waals surface area contributed by atoms with Gasteiger partial charge in [0.05, 0.1) is 6.61 Å². The molecular weight excluding hydrogens is 108 g/mol. The normalized spacial score (nSPS) is 27.1. The van der Waals surface area contributed by atoms with Gasteiger partial charge in [0.15, 0.2) is 5.94 Å². The van der Waals surface area contributed by atoms with Gasteiger partial charge in [-0.1, -0.05) is 0 Å². The predicted molar refractivity (Wildman–Crippen MR) is 25.8 cm³/mol. The van der Waals surface area contributed by atoms with Crippen LogP contribution in [0.25, 0.3) is 0 Å². The molecule has 1 unspecified atom stereocenters. The van der Waals surface area contributed by atoms with Gasteiger partial charge in [-0.15, -0.1) is 0 Å². The first-order valence-electron chi connectivity index (χ1n) is 2.40. The molecule has 0 aliphatic carbocycles. The van der Waals surface area contributed by atoms with Crippen LogP contribution in [0.1, 0.15) is 6.42 Å². The maximum absolute atomic E-state index is 9.77. The minimum Gasteiger partial charge on any atom is -0.484 e. The topological polar surface area (TPSA) is 46.5 Å². The van der Waals surface area contributed by atoms with Gasteiger partial charge in [0.25, 0.3) is 0 Å². The summed E-state index contributed by atoms with van der Waals surface area (Å²) >= 11 is 0. The van der Waals surface area contributed by atoms with Crippen LogP contribution in [0.4, 0.5) is 0 Å². The molecule has 0 spiro atoms. The zero-order valence-corrected chi connectivity index (χ0v) is 4.26. The molecule has 44 valence electrons. The Hall–Kier alpha value is -0.790. The van der Waals surface area contributed by atoms with Crippen LogP contribution >= 0.6 is 0 Å². The number of ether oxygens (including phenoxy) is 1. The molecule has 0 radical (unpaired) electrons. The molecule has 0 aromatic heterocycles. The van der Waals surface area contributed by atoms with Crippen LogP contribution in [0.5, 0.6) is 0 Å². The van der Waals surface area contributed by atoms with Gasteiger partial charge in [-0.2, -0.15) is 0 Å². The van der Waals surface area contributed by atoms with Crippen LogP contribution < -0.4 is 0 Å². The number of aliphatic hydroxyl groups excluding tert-OH is 1. The third kappa shape index (κ3) is 0.735. The van der Waals surface area contributed by atoms with Crippen molar-refractivity contribution in [2.75, 3.05) is 6.61 Å². The van der Waals surface area contributed by atoms with Crippen molar-refractivity contribution in [3.63, 3.8) is 0 Å². The highest BCUT2D eigenvalue weighted by Crippen LogP contribution is 2.12. The SMILES string of the molecule is O=C=C1OCCC1O. The van der Waals surface area contributed by atoms with E-state index in [9.17, 15) is 4.79 Å². The average molecular weight is 114 g/mol. The predicted octanol–water partition coefficient (Wildman–Crippen LogP) is -0.517. The lowest BCUT2D eigenvalue weighted by Crippen LogP contribution is -2.01. The van der Waals surface area contributed by atoms with E-state index in [2.05, 4.69) is 4.74 Å². The monoisotopic (exact) mass is 114 g/mol. The number of hydrogen-bond donors (Lipinski definition) is 1. The van der Waals surface area contributed by atoms with E-state index in [0.717, 1.165) is 0 Å². The van der Waals surface area contributed by atoms with E-state index in [4.69, 9.17) is 5.11 Å². The van der Waals surface area contributed by atoms with Crippen molar-refractivity contribution in [1.82, 2.24) is 0 Å². The van der Waals surface area contributed by atoms with Gasteiger partial charge in [0.1, 0.15) is 6.10 Å². The fourth-order valence-electron chi connectivity index (χ4n) is 0.605. The van der Waals surface area contributed by atoms with Crippen molar-refractivity contribution in [1.29, 1.82) is 0 Å². The molecular formula is C5H6O3. The van der Waals surface area contributed by atoms with Gasteiger partial charge in [-0.25, -0.2) is 4.79 Å². The molecule has 1 saturated heterocycles. The molecule has 3 nitrogen and oxygen atoms in total. The molecule has 0 aromatic carbocycles. The van der Waals surface area contributed by atoms with E-state index < -0.39 is 6.10 Å². The summed E-state index contributed by atoms with van der Waals surface area (Å²) in [5.41, 5.74) is 0. The smallest absolute Gasteiger partial charge is 0.208 e. The van der Waals surface area contributed by atoms with Crippen LogP contribution in [0.3, 0.4) is 0 Å². The molecule has 1 fully saturated rings. The highest BCUT2D eigenvalue weighted by molar-refractivity contribution is 5.51. The van der Waals surface area contributed by atoms with Crippen LogP contribution in [0, 0.1) is 0 Å². The third-order valence-corrected chi connectivity index (χ3v) is 1.05. The van der Waals surface area contributed by atoms with Crippen LogP contribution in [-0.2, 0) is 9.53 Å². The first-order chi connectivity index (χ1) is 3.84. The fourth-order valence-corrected chi connectivity index (χ4v) is 0.605. The summed E-state index contributed by atoms with van der Waals surface area (Å²) in [4.78, 5) is 9.77. The van der Waals surface area contributed by atoms with Crippen LogP contribution in [-0.4, -0.2) is 23.8 Å². The molecule has 1 N–H and O–H groups in total. The first-order valence-corrected chi connectivity index (χ1v) is 2.40. The minimum absolute atomic E-state index is 0.0463. The van der Waals surface area contributed by atoms with E-state index in [1.807, 2.05) is 0 Å². The summed E-state index contributed by atoms with van der Waals surface area (Å²) in [5, 5.41) is 8.76. The zero-order chi connectivity index (χ0) is 5.98. The van der Waals surface area contributed by atoms with E-state index in [0.29, 0.717) is 13.0 Å². The van der Waals surface area contributed by atoms with E-state index in [1.54, 1.807) is 0 Å². The standard InChI is InChI=1S/C5H6O3/c6-3-5-4(7)1-2-8-5/h4,7H,1-2H2. The molecule has 1 rings (SSSR count). The molecule has 1 aliphatic rings. The molecule has 1 heterocycles. The molecule has 8 heavy (non-hydrogen) atoms. The Bertz CT molecular complexity index is 135. The molecule has 0 amide bonds. The molecule has 0 aromatic rings. The number of aliphatic hydroxyl groups is 1. The van der Waals surface area contributed by atoms with Crippen molar-refractivity contribution in [3.8, 4) is 0 Å². The van der Waals surface area contributed by atoms with Crippen LogP contribution in [0.2, 0.25) is 0 Å². The van der Waals surface area contributed by atoms with E-state index in [1.165, 1.54) is 5.94 Å². The largest absolute Gasteiger partial charge is 0.484 e. The molecule has 0 saturated carbocycles. The molecule has 1 atom stereocenters. The van der Waals surface area contributed by atoms with Crippen molar-refractivity contribution in [2.24, 2.45) is 0 Å². The minimum atomic E-state index is -0.701. The van der Waals surface area contributed by atoms with E-state index >= 15 is 0 Å². The fraction of sp³-hybridized carbons (Fsp3) is 0.600. The number of hydrogen-bond acceptors (Lipinski definition) is 3. The Balaban J connectivity index is 2.68. The Morgan fingerprint density at radius 2 is 2.62 bits per heavy atom. The van der Waals surface area contributed by atoms with Gasteiger partial charge >= 0.3 is 0 Å². The second-order valence-electron chi connectivity index (χ2n) is 1.62. The number of carbonyl (C=O) groups excluding carboxylic acids is 1. The van der Waals surface area contributed by atoms with Crippen molar-refractivity contribution in [3.05, 3.63) is 5.76 Å². The van der Waals surface area contributed by atoms with Gasteiger partial charge in [0.2, 0.25) is 5.76 Å². The quantitative estimate of drug-likeness (QED) is 0.431. The third-order valence-electron chi connectivity index (χ3n) is 1.05. The van der Waals surface area contributed by atoms with Gasteiger partial charge < -0.3 is 9.84 Å². The Morgan fingerprint density at radius 3 is 2.88 bits per heavy atom. The second kappa shape index (κ2) is 1.99. The van der Waals surface area contributed by atoms with Crippen molar-refractivity contribution in [2.45, 2.75) is 12.5 Å². The highest BCUT2D eigenvalue weighted by atomic mass is 16.5. The van der Waals surface area contributed by atoms with Gasteiger partial charge in [-0.3, -0.25) is 0 Å². The summed E-state index contributed by atoms with van der Waals surface area (Å²) in [7, 11) is 0. The first kappa shape index (κ1) is 5.35. The van der Waals surface area contributed by atoms with Gasteiger partial charge in [0, 0.05) is 6.42 Å². The summed E-state index contributed by atoms with van der Waals surface area (Å²) in [6.45, 7) is 0.436. The Labute approximate surface area is 46.6 Å². The zero-order valence-electron chi connectivity index (χ0n) is 4.26. The lowest BCUT2D eigenvalue weighted by Gasteiger charge is -1.92. The molecule has 3 heteroatoms. The molecule has 1 aliphatic heterocycles. The lowest BCUT2D eigenvalue weighted by molar-refractivity contribution is 0.195. The summed E-state index contributed by atoms with van der Waals surface area (Å²) in [6.07, 6.45) is -0.183. The van der Waals surface area contributed by atoms with E-state index in [-0.39, 0.29) is 5.76 Å². The van der Waals surface area contributed by atoms with Crippen molar-refractivity contribution < 1.29 is 14.6 Å². The summed E-state index contributed by atoms with van der Waals surface area (Å²) in [5.74, 6) is 1.55. The van der Waals surface area contributed by atoms with Crippen molar-refractivity contribution >= 4 is 5.94 Å². The Morgan fingerprint density at radius 1 is 1.88 bits per heavy atom. The molecule has 0 bridgehead atoms. The maximum Gasteiger partial charge on any atom is 0.208 e. The maximum atomic E-state index is 9.77. The average Bonchev–Trinajstić information content (AvgIpc) is 2.14. The highest BCUT2D eigenvalue weighted by Gasteiger charge is 2.20.